The Morgan fingerprint density at radius 1 is 1.11 bits per heavy atom. The molecule has 0 aliphatic rings. The van der Waals surface area contributed by atoms with E-state index in [1.165, 1.54) is 0 Å². The molecule has 1 N–H and O–H groups in total. The Labute approximate surface area is 165 Å². The van der Waals surface area contributed by atoms with Gasteiger partial charge in [-0.1, -0.05) is 42.8 Å². The van der Waals surface area contributed by atoms with E-state index in [9.17, 15) is 9.59 Å². The van der Waals surface area contributed by atoms with Crippen LogP contribution in [0.5, 0.6) is 5.75 Å². The van der Waals surface area contributed by atoms with Gasteiger partial charge in [0.25, 0.3) is 0 Å². The fourth-order valence-electron chi connectivity index (χ4n) is 2.73. The van der Waals surface area contributed by atoms with Gasteiger partial charge in [0.05, 0.1) is 19.3 Å². The second-order valence-electron chi connectivity index (χ2n) is 6.19. The number of hydrogen-bond acceptors (Lipinski definition) is 3. The maximum absolute atomic E-state index is 12.6. The number of nitrogens with one attached hydrogen (secondary N) is 1. The number of carbonyl (C=O) groups is 2. The van der Waals surface area contributed by atoms with Crippen LogP contribution in [0.1, 0.15) is 25.3 Å². The molecule has 0 saturated heterocycles. The summed E-state index contributed by atoms with van der Waals surface area (Å²) in [6.45, 7) is 2.54. The van der Waals surface area contributed by atoms with Crippen molar-refractivity contribution in [2.24, 2.45) is 0 Å². The molecule has 0 saturated carbocycles. The highest BCUT2D eigenvalue weighted by molar-refractivity contribution is 6.30. The third kappa shape index (κ3) is 6.61. The molecule has 5 nitrogen and oxygen atoms in total. The first-order valence-corrected chi connectivity index (χ1v) is 9.36. The molecular formula is C21H25ClN2O3. The summed E-state index contributed by atoms with van der Waals surface area (Å²) in [5.74, 6) is 0.303. The Morgan fingerprint density at radius 3 is 2.48 bits per heavy atom. The lowest BCUT2D eigenvalue weighted by molar-refractivity contribution is -0.134. The highest BCUT2D eigenvalue weighted by Crippen LogP contribution is 2.22. The van der Waals surface area contributed by atoms with Gasteiger partial charge in [0, 0.05) is 18.0 Å². The van der Waals surface area contributed by atoms with Gasteiger partial charge in [0.2, 0.25) is 11.8 Å². The number of para-hydroxylation sites is 2. The molecule has 2 aromatic carbocycles. The van der Waals surface area contributed by atoms with Crippen molar-refractivity contribution < 1.29 is 14.3 Å². The summed E-state index contributed by atoms with van der Waals surface area (Å²) in [5.41, 5.74) is 1.64. The summed E-state index contributed by atoms with van der Waals surface area (Å²) in [7, 11) is 1.55. The molecule has 6 heteroatoms. The lowest BCUT2D eigenvalue weighted by atomic mass is 10.1. The maximum atomic E-state index is 12.6. The number of anilines is 1. The number of amides is 2. The van der Waals surface area contributed by atoms with Crippen LogP contribution in [-0.4, -0.2) is 36.9 Å². The fourth-order valence-corrected chi connectivity index (χ4v) is 2.86. The molecule has 0 atom stereocenters. The van der Waals surface area contributed by atoms with Crippen LogP contribution in [0.25, 0.3) is 0 Å². The van der Waals surface area contributed by atoms with Crippen LogP contribution < -0.4 is 10.1 Å². The van der Waals surface area contributed by atoms with E-state index in [0.717, 1.165) is 12.0 Å². The van der Waals surface area contributed by atoms with Crippen LogP contribution in [0.4, 0.5) is 5.69 Å². The Bertz CT molecular complexity index is 762. The zero-order valence-corrected chi connectivity index (χ0v) is 16.5. The quantitative estimate of drug-likeness (QED) is 0.701. The first kappa shape index (κ1) is 20.8. The smallest absolute Gasteiger partial charge is 0.244 e. The normalized spacial score (nSPS) is 10.3. The first-order valence-electron chi connectivity index (χ1n) is 8.98. The number of rotatable bonds is 9. The lowest BCUT2D eigenvalue weighted by Crippen LogP contribution is -2.38. The van der Waals surface area contributed by atoms with E-state index in [1.807, 2.05) is 43.3 Å². The molecule has 0 aromatic heterocycles. The molecule has 0 spiro atoms. The van der Waals surface area contributed by atoms with Gasteiger partial charge in [0.1, 0.15) is 5.75 Å². The van der Waals surface area contributed by atoms with Gasteiger partial charge in [-0.3, -0.25) is 9.59 Å². The van der Waals surface area contributed by atoms with Crippen molar-refractivity contribution in [3.63, 3.8) is 0 Å². The molecule has 0 radical (unpaired) electrons. The van der Waals surface area contributed by atoms with Gasteiger partial charge in [-0.15, -0.1) is 0 Å². The summed E-state index contributed by atoms with van der Waals surface area (Å²) < 4.78 is 5.24. The molecule has 0 heterocycles. The summed E-state index contributed by atoms with van der Waals surface area (Å²) in [4.78, 5) is 26.6. The number of carbonyl (C=O) groups excluding carboxylic acids is 2. The van der Waals surface area contributed by atoms with Crippen LogP contribution in [0.15, 0.2) is 48.5 Å². The number of halogens is 1. The van der Waals surface area contributed by atoms with Gasteiger partial charge < -0.3 is 15.0 Å². The topological polar surface area (TPSA) is 58.6 Å². The minimum atomic E-state index is -0.243. The van der Waals surface area contributed by atoms with E-state index in [0.29, 0.717) is 35.8 Å². The third-order valence-electron chi connectivity index (χ3n) is 4.10. The molecule has 0 unspecified atom stereocenters. The van der Waals surface area contributed by atoms with Gasteiger partial charge in [-0.2, -0.15) is 0 Å². The highest BCUT2D eigenvalue weighted by Gasteiger charge is 2.17. The number of nitrogens with zero attached hydrogens (tertiary/aromatic N) is 1. The predicted molar refractivity (Wildman–Crippen MR) is 108 cm³/mol. The van der Waals surface area contributed by atoms with Crippen LogP contribution in [0, 0.1) is 0 Å². The average molecular weight is 389 g/mol. The summed E-state index contributed by atoms with van der Waals surface area (Å²) >= 11 is 5.88. The second kappa shape index (κ2) is 10.6. The molecule has 0 fully saturated rings. The lowest BCUT2D eigenvalue weighted by Gasteiger charge is -2.22. The summed E-state index contributed by atoms with van der Waals surface area (Å²) in [5, 5.41) is 3.48. The first-order chi connectivity index (χ1) is 13.0. The average Bonchev–Trinajstić information content (AvgIpc) is 2.67. The molecule has 2 amide bonds. The number of methoxy groups -OCH3 is 1. The van der Waals surface area contributed by atoms with Crippen molar-refractivity contribution >= 4 is 29.1 Å². The van der Waals surface area contributed by atoms with Crippen LogP contribution in [0.3, 0.4) is 0 Å². The molecule has 2 aromatic rings. The number of aryl methyl sites for hydroxylation is 1. The highest BCUT2D eigenvalue weighted by atomic mass is 35.5. The fraction of sp³-hybridized carbons (Fsp3) is 0.333. The minimum Gasteiger partial charge on any atom is -0.495 e. The Hall–Kier alpha value is -2.53. The van der Waals surface area contributed by atoms with E-state index in [4.69, 9.17) is 16.3 Å². The molecule has 27 heavy (non-hydrogen) atoms. The number of benzene rings is 2. The van der Waals surface area contributed by atoms with Gasteiger partial charge in [-0.05, 0) is 42.7 Å². The van der Waals surface area contributed by atoms with Gasteiger partial charge >= 0.3 is 0 Å². The Morgan fingerprint density at radius 2 is 1.81 bits per heavy atom. The zero-order chi connectivity index (χ0) is 19.6. The third-order valence-corrected chi connectivity index (χ3v) is 4.35. The molecule has 144 valence electrons. The van der Waals surface area contributed by atoms with Crippen molar-refractivity contribution in [2.45, 2.75) is 26.2 Å². The molecule has 0 aliphatic carbocycles. The van der Waals surface area contributed by atoms with Gasteiger partial charge in [-0.25, -0.2) is 0 Å². The van der Waals surface area contributed by atoms with Crippen LogP contribution in [-0.2, 0) is 16.0 Å². The number of ether oxygens (including phenoxy) is 1. The van der Waals surface area contributed by atoms with Gasteiger partial charge in [0.15, 0.2) is 0 Å². The van der Waals surface area contributed by atoms with Crippen molar-refractivity contribution in [3.05, 3.63) is 59.1 Å². The minimum absolute atomic E-state index is 0.0192. The van der Waals surface area contributed by atoms with Crippen molar-refractivity contribution in [1.82, 2.24) is 4.90 Å². The van der Waals surface area contributed by atoms with E-state index < -0.39 is 0 Å². The van der Waals surface area contributed by atoms with Crippen molar-refractivity contribution in [2.75, 3.05) is 25.5 Å². The van der Waals surface area contributed by atoms with E-state index in [-0.39, 0.29) is 18.4 Å². The summed E-state index contributed by atoms with van der Waals surface area (Å²) in [6, 6.07) is 14.6. The van der Waals surface area contributed by atoms with Crippen LogP contribution >= 0.6 is 11.6 Å². The van der Waals surface area contributed by atoms with Crippen molar-refractivity contribution in [3.8, 4) is 5.75 Å². The molecular weight excluding hydrogens is 364 g/mol. The Kier molecular flexibility index (Phi) is 8.14. The largest absolute Gasteiger partial charge is 0.495 e. The second-order valence-corrected chi connectivity index (χ2v) is 6.63. The monoisotopic (exact) mass is 388 g/mol. The summed E-state index contributed by atoms with van der Waals surface area (Å²) in [6.07, 6.45) is 1.75. The predicted octanol–water partition coefficient (Wildman–Crippen LogP) is 4.16. The molecule has 2 rings (SSSR count). The zero-order valence-electron chi connectivity index (χ0n) is 15.7. The van der Waals surface area contributed by atoms with E-state index in [1.54, 1.807) is 24.1 Å². The SMILES string of the molecule is CCCN(CC(=O)Nc1ccccc1OC)C(=O)CCc1ccc(Cl)cc1. The van der Waals surface area contributed by atoms with E-state index in [2.05, 4.69) is 5.32 Å². The van der Waals surface area contributed by atoms with Crippen LogP contribution in [0.2, 0.25) is 5.02 Å². The molecule has 0 aliphatic heterocycles. The Balaban J connectivity index is 1.93. The number of hydrogen-bond donors (Lipinski definition) is 1. The standard InChI is InChI=1S/C21H25ClN2O3/c1-3-14-24(21(26)13-10-16-8-11-17(22)12-9-16)15-20(25)23-18-6-4-5-7-19(18)27-2/h4-9,11-12H,3,10,13-15H2,1-2H3,(H,23,25). The van der Waals surface area contributed by atoms with E-state index >= 15 is 0 Å². The van der Waals surface area contributed by atoms with Crippen molar-refractivity contribution in [1.29, 1.82) is 0 Å². The molecule has 0 bridgehead atoms. The maximum Gasteiger partial charge on any atom is 0.244 e.